The highest BCUT2D eigenvalue weighted by Gasteiger charge is 2.11. The van der Waals surface area contributed by atoms with Gasteiger partial charge in [0.2, 0.25) is 0 Å². The Morgan fingerprint density at radius 2 is 2.16 bits per heavy atom. The normalized spacial score (nSPS) is 12.7. The first-order valence-electron chi connectivity index (χ1n) is 6.84. The van der Waals surface area contributed by atoms with Crippen LogP contribution in [0.4, 0.5) is 0 Å². The van der Waals surface area contributed by atoms with Crippen LogP contribution in [-0.4, -0.2) is 36.5 Å². The van der Waals surface area contributed by atoms with Crippen LogP contribution in [0.3, 0.4) is 0 Å². The number of hydrogen-bond donors (Lipinski definition) is 1. The van der Waals surface area contributed by atoms with Gasteiger partial charge in [-0.3, -0.25) is 4.79 Å². The average molecular weight is 394 g/mol. The number of thiophene rings is 1. The molecular weight excluding hydrogens is 371 g/mol. The Kier molecular flexibility index (Phi) is 7.94. The smallest absolute Gasteiger partial charge is 0.252 e. The average Bonchev–Trinajstić information content (AvgIpc) is 2.81. The lowest BCUT2D eigenvalue weighted by Gasteiger charge is -2.19. The summed E-state index contributed by atoms with van der Waals surface area (Å²) in [4.78, 5) is 14.4. The van der Waals surface area contributed by atoms with Gasteiger partial charge in [-0.25, -0.2) is 0 Å². The molecule has 0 bridgehead atoms. The molecule has 1 unspecified atom stereocenters. The highest BCUT2D eigenvalue weighted by molar-refractivity contribution is 14.1. The monoisotopic (exact) mass is 394 g/mol. The predicted octanol–water partition coefficient (Wildman–Crippen LogP) is 3.59. The molecule has 0 aliphatic rings. The zero-order valence-electron chi connectivity index (χ0n) is 11.9. The molecule has 0 radical (unpaired) electrons. The molecule has 1 rings (SSSR count). The molecule has 0 spiro atoms. The molecular formula is C14H23IN2OS. The van der Waals surface area contributed by atoms with Crippen molar-refractivity contribution in [2.45, 2.75) is 39.7 Å². The van der Waals surface area contributed by atoms with E-state index in [1.165, 1.54) is 0 Å². The maximum absolute atomic E-state index is 12.0. The van der Waals surface area contributed by atoms with Gasteiger partial charge in [-0.15, -0.1) is 11.3 Å². The first-order valence-corrected chi connectivity index (χ1v) is 8.79. The van der Waals surface area contributed by atoms with E-state index in [-0.39, 0.29) is 11.9 Å². The fourth-order valence-electron chi connectivity index (χ4n) is 1.97. The van der Waals surface area contributed by atoms with E-state index in [2.05, 4.69) is 53.6 Å². The summed E-state index contributed by atoms with van der Waals surface area (Å²) in [6, 6.07) is 2.17. The molecule has 0 aromatic carbocycles. The van der Waals surface area contributed by atoms with E-state index in [4.69, 9.17) is 0 Å². The second-order valence-electron chi connectivity index (χ2n) is 4.68. The van der Waals surface area contributed by atoms with E-state index in [0.29, 0.717) is 0 Å². The minimum Gasteiger partial charge on any atom is -0.350 e. The van der Waals surface area contributed by atoms with E-state index in [1.54, 1.807) is 11.3 Å². The molecule has 108 valence electrons. The molecule has 0 saturated heterocycles. The van der Waals surface area contributed by atoms with E-state index >= 15 is 0 Å². The summed E-state index contributed by atoms with van der Waals surface area (Å²) >= 11 is 3.85. The van der Waals surface area contributed by atoms with Crippen molar-refractivity contribution in [1.29, 1.82) is 0 Å². The van der Waals surface area contributed by atoms with Gasteiger partial charge in [0.05, 0.1) is 8.45 Å². The molecule has 1 amide bonds. The summed E-state index contributed by atoms with van der Waals surface area (Å²) in [7, 11) is 0. The van der Waals surface area contributed by atoms with Gasteiger partial charge < -0.3 is 10.2 Å². The van der Waals surface area contributed by atoms with Crippen molar-refractivity contribution in [1.82, 2.24) is 10.2 Å². The van der Waals surface area contributed by atoms with Crippen LogP contribution in [0.2, 0.25) is 0 Å². The van der Waals surface area contributed by atoms with Gasteiger partial charge in [-0.05, 0) is 68.1 Å². The maximum Gasteiger partial charge on any atom is 0.252 e. The van der Waals surface area contributed by atoms with Crippen LogP contribution >= 0.6 is 33.9 Å². The lowest BCUT2D eigenvalue weighted by molar-refractivity contribution is 0.0937. The molecule has 1 aromatic rings. The van der Waals surface area contributed by atoms with Crippen LogP contribution in [0, 0.1) is 2.88 Å². The van der Waals surface area contributed by atoms with Gasteiger partial charge >= 0.3 is 0 Å². The zero-order chi connectivity index (χ0) is 14.3. The Hall–Kier alpha value is -0.140. The third-order valence-electron chi connectivity index (χ3n) is 3.21. The van der Waals surface area contributed by atoms with Crippen molar-refractivity contribution in [3.05, 3.63) is 19.9 Å². The van der Waals surface area contributed by atoms with Crippen LogP contribution in [0.5, 0.6) is 0 Å². The van der Waals surface area contributed by atoms with E-state index in [9.17, 15) is 4.79 Å². The summed E-state index contributed by atoms with van der Waals surface area (Å²) in [6.07, 6.45) is 2.16. The number of nitrogens with zero attached hydrogens (tertiary/aromatic N) is 1. The van der Waals surface area contributed by atoms with Crippen molar-refractivity contribution in [3.8, 4) is 0 Å². The summed E-state index contributed by atoms with van der Waals surface area (Å²) in [5, 5.41) is 4.98. The van der Waals surface area contributed by atoms with E-state index < -0.39 is 0 Å². The van der Waals surface area contributed by atoms with Crippen LogP contribution in [0.1, 0.15) is 44.0 Å². The molecule has 3 nitrogen and oxygen atoms in total. The van der Waals surface area contributed by atoms with E-state index in [1.807, 2.05) is 11.4 Å². The number of carbonyl (C=O) groups excluding carboxylic acids is 1. The van der Waals surface area contributed by atoms with Crippen LogP contribution in [0.25, 0.3) is 0 Å². The molecule has 0 aliphatic heterocycles. The molecule has 1 N–H and O–H groups in total. The Bertz CT molecular complexity index is 391. The number of amides is 1. The van der Waals surface area contributed by atoms with E-state index in [0.717, 1.165) is 40.9 Å². The minimum absolute atomic E-state index is 0.0505. The van der Waals surface area contributed by atoms with Gasteiger partial charge in [0, 0.05) is 11.4 Å². The van der Waals surface area contributed by atoms with Crippen molar-refractivity contribution in [2.75, 3.05) is 19.6 Å². The molecule has 1 atom stereocenters. The molecule has 5 heteroatoms. The van der Waals surface area contributed by atoms with Gasteiger partial charge in [-0.1, -0.05) is 13.8 Å². The lowest BCUT2D eigenvalue weighted by atomic mass is 10.1. The number of halogens is 1. The van der Waals surface area contributed by atoms with Crippen molar-refractivity contribution < 1.29 is 4.79 Å². The Morgan fingerprint density at radius 3 is 2.68 bits per heavy atom. The second-order valence-corrected chi connectivity index (χ2v) is 7.49. The summed E-state index contributed by atoms with van der Waals surface area (Å²) in [6.45, 7) is 9.77. The molecule has 0 fully saturated rings. The van der Waals surface area contributed by atoms with Crippen LogP contribution in [0.15, 0.2) is 11.4 Å². The SMILES string of the molecule is CCN(CC)CCCC(C)NC(=O)c1csc(I)c1. The predicted molar refractivity (Wildman–Crippen MR) is 91.0 cm³/mol. The Labute approximate surface area is 133 Å². The summed E-state index contributed by atoms with van der Waals surface area (Å²) in [5.74, 6) is 0.0505. The number of nitrogens with one attached hydrogen (secondary N) is 1. The van der Waals surface area contributed by atoms with Gasteiger partial charge in [-0.2, -0.15) is 0 Å². The molecule has 0 aliphatic carbocycles. The maximum atomic E-state index is 12.0. The molecule has 1 heterocycles. The summed E-state index contributed by atoms with van der Waals surface area (Å²) < 4.78 is 1.15. The quantitative estimate of drug-likeness (QED) is 0.684. The third kappa shape index (κ3) is 6.23. The first kappa shape index (κ1) is 16.9. The number of carbonyl (C=O) groups is 1. The van der Waals surface area contributed by atoms with Gasteiger partial charge in [0.25, 0.3) is 5.91 Å². The van der Waals surface area contributed by atoms with Gasteiger partial charge in [0.15, 0.2) is 0 Å². The van der Waals surface area contributed by atoms with Crippen molar-refractivity contribution in [3.63, 3.8) is 0 Å². The Balaban J connectivity index is 2.27. The summed E-state index contributed by atoms with van der Waals surface area (Å²) in [5.41, 5.74) is 0.782. The topological polar surface area (TPSA) is 32.3 Å². The fraction of sp³-hybridized carbons (Fsp3) is 0.643. The highest BCUT2D eigenvalue weighted by Crippen LogP contribution is 2.16. The van der Waals surface area contributed by atoms with Crippen LogP contribution < -0.4 is 5.32 Å². The number of hydrogen-bond acceptors (Lipinski definition) is 3. The second kappa shape index (κ2) is 8.92. The standard InChI is InChI=1S/C14H23IN2OS/c1-4-17(5-2)8-6-7-11(3)16-14(18)12-9-13(15)19-10-12/h9-11H,4-8H2,1-3H3,(H,16,18). The minimum atomic E-state index is 0.0505. The fourth-order valence-corrected chi connectivity index (χ4v) is 3.30. The molecule has 0 saturated carbocycles. The van der Waals surface area contributed by atoms with Crippen molar-refractivity contribution in [2.24, 2.45) is 0 Å². The Morgan fingerprint density at radius 1 is 1.47 bits per heavy atom. The largest absolute Gasteiger partial charge is 0.350 e. The molecule has 19 heavy (non-hydrogen) atoms. The van der Waals surface area contributed by atoms with Crippen molar-refractivity contribution >= 4 is 39.8 Å². The molecule has 1 aromatic heterocycles. The van der Waals surface area contributed by atoms with Crippen LogP contribution in [-0.2, 0) is 0 Å². The third-order valence-corrected chi connectivity index (χ3v) is 5.00. The lowest BCUT2D eigenvalue weighted by Crippen LogP contribution is -2.33. The zero-order valence-corrected chi connectivity index (χ0v) is 14.9. The highest BCUT2D eigenvalue weighted by atomic mass is 127. The van der Waals surface area contributed by atoms with Gasteiger partial charge in [0.1, 0.15) is 0 Å². The number of rotatable bonds is 8. The first-order chi connectivity index (χ1) is 9.06.